The van der Waals surface area contributed by atoms with Gasteiger partial charge in [0, 0.05) is 12.2 Å². The van der Waals surface area contributed by atoms with Gasteiger partial charge in [0.05, 0.1) is 6.04 Å². The van der Waals surface area contributed by atoms with E-state index in [-0.39, 0.29) is 11.5 Å². The molecule has 1 N–H and O–H groups in total. The van der Waals surface area contributed by atoms with Crippen LogP contribution in [0.15, 0.2) is 6.07 Å². The van der Waals surface area contributed by atoms with Gasteiger partial charge in [-0.15, -0.1) is 0 Å². The summed E-state index contributed by atoms with van der Waals surface area (Å²) in [6, 6.07) is 0.270. The second kappa shape index (κ2) is 5.35. The van der Waals surface area contributed by atoms with Gasteiger partial charge in [-0.2, -0.15) is 13.2 Å². The van der Waals surface area contributed by atoms with E-state index >= 15 is 0 Å². The van der Waals surface area contributed by atoms with Crippen molar-refractivity contribution in [2.45, 2.75) is 32.0 Å². The number of aliphatic hydroxyl groups excluding tert-OH is 1. The first-order valence-electron chi connectivity index (χ1n) is 6.16. The van der Waals surface area contributed by atoms with Gasteiger partial charge >= 0.3 is 6.18 Å². The summed E-state index contributed by atoms with van der Waals surface area (Å²) in [6.07, 6.45) is -3.41. The molecule has 0 radical (unpaired) electrons. The van der Waals surface area contributed by atoms with Gasteiger partial charge in [0.15, 0.2) is 5.82 Å². The Balaban J connectivity index is 2.37. The van der Waals surface area contributed by atoms with E-state index in [9.17, 15) is 18.0 Å². The highest BCUT2D eigenvalue weighted by Crippen LogP contribution is 2.33. The van der Waals surface area contributed by atoms with Gasteiger partial charge < -0.3 is 10.0 Å². The molecular weight excluding hydrogens is 275 g/mol. The van der Waals surface area contributed by atoms with E-state index in [0.29, 0.717) is 19.4 Å². The first kappa shape index (κ1) is 14.7. The number of aromatic nitrogens is 2. The second-order valence-corrected chi connectivity index (χ2v) is 4.65. The molecule has 20 heavy (non-hydrogen) atoms. The summed E-state index contributed by atoms with van der Waals surface area (Å²) in [4.78, 5) is 20.4. The summed E-state index contributed by atoms with van der Waals surface area (Å²) in [5.41, 5.74) is -0.811. The van der Waals surface area contributed by atoms with Crippen molar-refractivity contribution in [1.82, 2.24) is 14.9 Å². The highest BCUT2D eigenvalue weighted by atomic mass is 19.4. The molecule has 5 nitrogen and oxygen atoms in total. The first-order chi connectivity index (χ1) is 9.32. The lowest BCUT2D eigenvalue weighted by atomic mass is 10.2. The Labute approximate surface area is 113 Å². The zero-order valence-corrected chi connectivity index (χ0v) is 10.8. The van der Waals surface area contributed by atoms with Crippen LogP contribution < -0.4 is 0 Å². The Morgan fingerprint density at radius 2 is 2.20 bits per heavy atom. The minimum absolute atomic E-state index is 0.0170. The molecule has 0 bridgehead atoms. The van der Waals surface area contributed by atoms with Crippen LogP contribution in [-0.2, 0) is 11.0 Å². The highest BCUT2D eigenvalue weighted by Gasteiger charge is 2.36. The molecular formula is C12H14F3N3O2. The van der Waals surface area contributed by atoms with Gasteiger partial charge in [0.1, 0.15) is 12.3 Å². The van der Waals surface area contributed by atoms with Crippen LogP contribution in [-0.4, -0.2) is 39.0 Å². The average Bonchev–Trinajstić information content (AvgIpc) is 2.85. The number of nitrogens with zero attached hydrogens (tertiary/aromatic N) is 3. The van der Waals surface area contributed by atoms with E-state index in [0.717, 1.165) is 6.07 Å². The van der Waals surface area contributed by atoms with Crippen LogP contribution in [0.5, 0.6) is 0 Å². The van der Waals surface area contributed by atoms with Gasteiger partial charge in [-0.05, 0) is 25.8 Å². The Bertz CT molecular complexity index is 519. The maximum atomic E-state index is 12.7. The maximum Gasteiger partial charge on any atom is 0.433 e. The summed E-state index contributed by atoms with van der Waals surface area (Å²) < 4.78 is 38.2. The van der Waals surface area contributed by atoms with Crippen LogP contribution in [0.1, 0.15) is 36.1 Å². The number of carbonyl (C=O) groups excluding carboxylic acids is 1. The smallest absolute Gasteiger partial charge is 0.387 e. The topological polar surface area (TPSA) is 66.3 Å². The Kier molecular flexibility index (Phi) is 3.94. The van der Waals surface area contributed by atoms with Crippen molar-refractivity contribution in [2.75, 3.05) is 13.2 Å². The number of hydrogen-bond donors (Lipinski definition) is 1. The fourth-order valence-corrected chi connectivity index (χ4v) is 2.31. The van der Waals surface area contributed by atoms with Crippen molar-refractivity contribution in [1.29, 1.82) is 0 Å². The molecule has 1 aliphatic heterocycles. The normalized spacial score (nSPS) is 19.4. The maximum absolute atomic E-state index is 12.7. The van der Waals surface area contributed by atoms with Crippen LogP contribution in [0.3, 0.4) is 0 Å². The molecule has 0 aliphatic carbocycles. The van der Waals surface area contributed by atoms with Crippen molar-refractivity contribution in [3.63, 3.8) is 0 Å². The fourth-order valence-electron chi connectivity index (χ4n) is 2.31. The summed E-state index contributed by atoms with van der Waals surface area (Å²) in [7, 11) is 0. The third-order valence-electron chi connectivity index (χ3n) is 3.17. The predicted molar refractivity (Wildman–Crippen MR) is 62.5 cm³/mol. The third kappa shape index (κ3) is 2.90. The van der Waals surface area contributed by atoms with Crippen molar-refractivity contribution in [3.8, 4) is 0 Å². The van der Waals surface area contributed by atoms with E-state index in [1.54, 1.807) is 0 Å². The van der Waals surface area contributed by atoms with Crippen LogP contribution in [0.4, 0.5) is 13.2 Å². The van der Waals surface area contributed by atoms with Crippen molar-refractivity contribution >= 4 is 5.91 Å². The number of alkyl halides is 3. The third-order valence-corrected chi connectivity index (χ3v) is 3.17. The Hall–Kier alpha value is -1.70. The van der Waals surface area contributed by atoms with Crippen molar-refractivity contribution < 1.29 is 23.1 Å². The Morgan fingerprint density at radius 1 is 1.50 bits per heavy atom. The van der Waals surface area contributed by atoms with Gasteiger partial charge in [0.2, 0.25) is 5.91 Å². The molecule has 0 spiro atoms. The fraction of sp³-hybridized carbons (Fsp3) is 0.583. The number of likely N-dealkylation sites (tertiary alicyclic amines) is 1. The molecule has 1 amide bonds. The van der Waals surface area contributed by atoms with Crippen LogP contribution in [0.25, 0.3) is 0 Å². The zero-order valence-electron chi connectivity index (χ0n) is 10.8. The van der Waals surface area contributed by atoms with Gasteiger partial charge in [-0.25, -0.2) is 9.97 Å². The van der Waals surface area contributed by atoms with Gasteiger partial charge in [-0.1, -0.05) is 0 Å². The number of rotatable bonds is 2. The first-order valence-corrected chi connectivity index (χ1v) is 6.16. The average molecular weight is 289 g/mol. The molecule has 110 valence electrons. The molecule has 1 aromatic heterocycles. The molecule has 1 aromatic rings. The van der Waals surface area contributed by atoms with E-state index in [1.807, 2.05) is 0 Å². The molecule has 0 saturated carbocycles. The lowest BCUT2D eigenvalue weighted by Crippen LogP contribution is -2.33. The highest BCUT2D eigenvalue weighted by molar-refractivity contribution is 5.77. The molecule has 1 atom stereocenters. The number of aliphatic hydroxyl groups is 1. The molecule has 8 heteroatoms. The number of halogens is 3. The molecule has 0 unspecified atom stereocenters. The SMILES string of the molecule is Cc1cc(C(F)(F)F)nc([C@H]2CCCN2C(=O)CO)n1. The standard InChI is InChI=1S/C12H14F3N3O2/c1-7-5-9(12(13,14)15)17-11(16-7)8-3-2-4-18(8)10(20)6-19/h5,8,19H,2-4,6H2,1H3/t8-/m1/s1. The number of carbonyl (C=O) groups is 1. The van der Waals surface area contributed by atoms with Crippen molar-refractivity contribution in [3.05, 3.63) is 23.3 Å². The largest absolute Gasteiger partial charge is 0.433 e. The second-order valence-electron chi connectivity index (χ2n) is 4.65. The summed E-state index contributed by atoms with van der Waals surface area (Å²) in [5.74, 6) is -0.539. The van der Waals surface area contributed by atoms with E-state index in [1.165, 1.54) is 11.8 Å². The molecule has 1 fully saturated rings. The van der Waals surface area contributed by atoms with Gasteiger partial charge in [-0.3, -0.25) is 4.79 Å². The monoisotopic (exact) mass is 289 g/mol. The number of hydrogen-bond acceptors (Lipinski definition) is 4. The molecule has 1 aliphatic rings. The zero-order chi connectivity index (χ0) is 14.9. The minimum Gasteiger partial charge on any atom is -0.387 e. The van der Waals surface area contributed by atoms with Crippen molar-refractivity contribution in [2.24, 2.45) is 0 Å². The van der Waals surface area contributed by atoms with E-state index < -0.39 is 30.4 Å². The predicted octanol–water partition coefficient (Wildman–Crippen LogP) is 1.46. The molecule has 2 rings (SSSR count). The number of amides is 1. The Morgan fingerprint density at radius 3 is 2.80 bits per heavy atom. The van der Waals surface area contributed by atoms with Gasteiger partial charge in [0.25, 0.3) is 0 Å². The molecule has 0 aromatic carbocycles. The quantitative estimate of drug-likeness (QED) is 0.895. The molecule has 1 saturated heterocycles. The lowest BCUT2D eigenvalue weighted by molar-refractivity contribution is -0.141. The number of aryl methyl sites for hydroxylation is 1. The summed E-state index contributed by atoms with van der Waals surface area (Å²) in [5, 5.41) is 8.89. The lowest BCUT2D eigenvalue weighted by Gasteiger charge is -2.23. The van der Waals surface area contributed by atoms with Crippen LogP contribution in [0.2, 0.25) is 0 Å². The van der Waals surface area contributed by atoms with E-state index in [2.05, 4.69) is 9.97 Å². The van der Waals surface area contributed by atoms with Crippen LogP contribution in [0, 0.1) is 6.92 Å². The minimum atomic E-state index is -4.55. The summed E-state index contributed by atoms with van der Waals surface area (Å²) in [6.45, 7) is 1.17. The molecule has 2 heterocycles. The summed E-state index contributed by atoms with van der Waals surface area (Å²) >= 11 is 0. The van der Waals surface area contributed by atoms with E-state index in [4.69, 9.17) is 5.11 Å². The van der Waals surface area contributed by atoms with Crippen LogP contribution >= 0.6 is 0 Å².